The Kier molecular flexibility index (Phi) is 4.65. The Morgan fingerprint density at radius 2 is 2.05 bits per heavy atom. The highest BCUT2D eigenvalue weighted by atomic mass is 16.5. The predicted octanol–water partition coefficient (Wildman–Crippen LogP) is 2.73. The average Bonchev–Trinajstić information content (AvgIpc) is 2.39. The zero-order chi connectivity index (χ0) is 14.6. The largest absolute Gasteiger partial charge is 0.385 e. The summed E-state index contributed by atoms with van der Waals surface area (Å²) in [6.45, 7) is 8.44. The van der Waals surface area contributed by atoms with Crippen LogP contribution in [0.1, 0.15) is 42.6 Å². The van der Waals surface area contributed by atoms with Gasteiger partial charge in [-0.05, 0) is 57.4 Å². The number of anilines is 1. The summed E-state index contributed by atoms with van der Waals surface area (Å²) in [6.07, 6.45) is 1.74. The van der Waals surface area contributed by atoms with Gasteiger partial charge in [0.25, 0.3) is 5.91 Å². The van der Waals surface area contributed by atoms with Gasteiger partial charge in [0.15, 0.2) is 0 Å². The molecule has 1 amide bonds. The van der Waals surface area contributed by atoms with E-state index in [9.17, 15) is 4.79 Å². The van der Waals surface area contributed by atoms with E-state index < -0.39 is 0 Å². The molecule has 0 atom stereocenters. The van der Waals surface area contributed by atoms with Crippen molar-refractivity contribution in [3.8, 4) is 0 Å². The summed E-state index contributed by atoms with van der Waals surface area (Å²) in [5.41, 5.74) is 2.65. The van der Waals surface area contributed by atoms with Crippen LogP contribution in [0.5, 0.6) is 0 Å². The van der Waals surface area contributed by atoms with E-state index in [1.807, 2.05) is 25.1 Å². The van der Waals surface area contributed by atoms with Gasteiger partial charge in [-0.1, -0.05) is 0 Å². The summed E-state index contributed by atoms with van der Waals surface area (Å²) < 4.78 is 5.36. The van der Waals surface area contributed by atoms with Crippen molar-refractivity contribution in [1.29, 1.82) is 0 Å². The van der Waals surface area contributed by atoms with Crippen molar-refractivity contribution < 1.29 is 9.53 Å². The molecule has 1 aliphatic rings. The number of rotatable bonds is 4. The summed E-state index contributed by atoms with van der Waals surface area (Å²) in [6, 6.07) is 5.87. The molecule has 1 heterocycles. The number of aryl methyl sites for hydroxylation is 1. The van der Waals surface area contributed by atoms with E-state index in [1.165, 1.54) is 0 Å². The fourth-order valence-corrected chi connectivity index (χ4v) is 2.52. The van der Waals surface area contributed by atoms with E-state index in [-0.39, 0.29) is 11.4 Å². The van der Waals surface area contributed by atoms with Crippen LogP contribution in [0.4, 0.5) is 5.69 Å². The minimum atomic E-state index is -0.151. The summed E-state index contributed by atoms with van der Waals surface area (Å²) >= 11 is 0. The molecular weight excluding hydrogens is 252 g/mol. The Hall–Kier alpha value is -1.55. The summed E-state index contributed by atoms with van der Waals surface area (Å²) in [4.78, 5) is 12.4. The maximum Gasteiger partial charge on any atom is 0.251 e. The monoisotopic (exact) mass is 276 g/mol. The smallest absolute Gasteiger partial charge is 0.251 e. The van der Waals surface area contributed by atoms with Crippen molar-refractivity contribution in [2.24, 2.45) is 0 Å². The molecule has 2 N–H and O–H groups in total. The molecule has 0 aromatic heterocycles. The molecule has 4 heteroatoms. The third-order valence-corrected chi connectivity index (χ3v) is 3.86. The molecule has 0 aliphatic carbocycles. The lowest BCUT2D eigenvalue weighted by Gasteiger charge is -2.34. The number of ether oxygens (including phenoxy) is 1. The molecule has 2 rings (SSSR count). The maximum absolute atomic E-state index is 12.4. The number of nitrogens with one attached hydrogen (secondary N) is 2. The number of amides is 1. The van der Waals surface area contributed by atoms with E-state index >= 15 is 0 Å². The minimum absolute atomic E-state index is 0.00921. The Morgan fingerprint density at radius 1 is 1.35 bits per heavy atom. The molecule has 1 aliphatic heterocycles. The molecule has 1 fully saturated rings. The quantitative estimate of drug-likeness (QED) is 0.889. The maximum atomic E-state index is 12.4. The van der Waals surface area contributed by atoms with Gasteiger partial charge in [-0.3, -0.25) is 4.79 Å². The van der Waals surface area contributed by atoms with Gasteiger partial charge < -0.3 is 15.4 Å². The first kappa shape index (κ1) is 14.9. The zero-order valence-corrected chi connectivity index (χ0v) is 12.6. The van der Waals surface area contributed by atoms with Crippen molar-refractivity contribution in [2.75, 3.05) is 25.1 Å². The summed E-state index contributed by atoms with van der Waals surface area (Å²) in [5, 5.41) is 6.42. The van der Waals surface area contributed by atoms with Crippen LogP contribution in [0.15, 0.2) is 18.2 Å². The first-order valence-corrected chi connectivity index (χ1v) is 7.29. The Bertz CT molecular complexity index is 479. The van der Waals surface area contributed by atoms with Crippen molar-refractivity contribution >= 4 is 11.6 Å². The molecule has 110 valence electrons. The van der Waals surface area contributed by atoms with Crippen molar-refractivity contribution in [1.82, 2.24) is 5.32 Å². The van der Waals surface area contributed by atoms with E-state index in [0.29, 0.717) is 0 Å². The van der Waals surface area contributed by atoms with Gasteiger partial charge in [0.1, 0.15) is 0 Å². The normalized spacial score (nSPS) is 17.6. The molecule has 0 unspecified atom stereocenters. The van der Waals surface area contributed by atoms with E-state index in [1.54, 1.807) is 0 Å². The van der Waals surface area contributed by atoms with Gasteiger partial charge >= 0.3 is 0 Å². The fourth-order valence-electron chi connectivity index (χ4n) is 2.52. The molecule has 1 aromatic rings. The standard InChI is InChI=1S/C16H24N2O2/c1-4-17-13-5-6-14(12(2)11-13)15(19)18-16(3)7-9-20-10-8-16/h5-6,11,17H,4,7-10H2,1-3H3,(H,18,19). The molecule has 0 bridgehead atoms. The minimum Gasteiger partial charge on any atom is -0.385 e. The number of carbonyl (C=O) groups is 1. The van der Waals surface area contributed by atoms with Gasteiger partial charge in [0, 0.05) is 36.5 Å². The molecule has 0 radical (unpaired) electrons. The summed E-state index contributed by atoms with van der Waals surface area (Å²) in [7, 11) is 0. The molecular formula is C16H24N2O2. The second kappa shape index (κ2) is 6.27. The molecule has 1 saturated heterocycles. The molecule has 20 heavy (non-hydrogen) atoms. The van der Waals surface area contributed by atoms with Crippen molar-refractivity contribution in [3.05, 3.63) is 29.3 Å². The van der Waals surface area contributed by atoms with Gasteiger partial charge in [-0.2, -0.15) is 0 Å². The third-order valence-electron chi connectivity index (χ3n) is 3.86. The van der Waals surface area contributed by atoms with E-state index in [2.05, 4.69) is 24.5 Å². The van der Waals surface area contributed by atoms with Crippen molar-refractivity contribution in [3.63, 3.8) is 0 Å². The number of hydrogen-bond donors (Lipinski definition) is 2. The average molecular weight is 276 g/mol. The SMILES string of the molecule is CCNc1ccc(C(=O)NC2(C)CCOCC2)c(C)c1. The number of carbonyl (C=O) groups excluding carboxylic acids is 1. The first-order chi connectivity index (χ1) is 9.54. The highest BCUT2D eigenvalue weighted by molar-refractivity contribution is 5.96. The zero-order valence-electron chi connectivity index (χ0n) is 12.6. The van der Waals surface area contributed by atoms with Crippen LogP contribution in [-0.4, -0.2) is 31.2 Å². The van der Waals surface area contributed by atoms with Gasteiger partial charge in [0.2, 0.25) is 0 Å². The lowest BCUT2D eigenvalue weighted by Crippen LogP contribution is -2.49. The third kappa shape index (κ3) is 3.51. The van der Waals surface area contributed by atoms with Crippen LogP contribution in [0.3, 0.4) is 0 Å². The second-order valence-corrected chi connectivity index (χ2v) is 5.69. The molecule has 1 aromatic carbocycles. The van der Waals surface area contributed by atoms with Gasteiger partial charge in [0.05, 0.1) is 0 Å². The Morgan fingerprint density at radius 3 is 2.65 bits per heavy atom. The highest BCUT2D eigenvalue weighted by Gasteiger charge is 2.29. The van der Waals surface area contributed by atoms with E-state index in [4.69, 9.17) is 4.74 Å². The predicted molar refractivity (Wildman–Crippen MR) is 81.3 cm³/mol. The van der Waals surface area contributed by atoms with Crippen LogP contribution >= 0.6 is 0 Å². The molecule has 4 nitrogen and oxygen atoms in total. The Labute approximate surface area is 120 Å². The fraction of sp³-hybridized carbons (Fsp3) is 0.562. The van der Waals surface area contributed by atoms with Crippen LogP contribution in [0.2, 0.25) is 0 Å². The van der Waals surface area contributed by atoms with Crippen molar-refractivity contribution in [2.45, 2.75) is 39.2 Å². The van der Waals surface area contributed by atoms with Crippen LogP contribution in [0, 0.1) is 6.92 Å². The lowest BCUT2D eigenvalue weighted by molar-refractivity contribution is 0.0422. The van der Waals surface area contributed by atoms with Crippen LogP contribution in [-0.2, 0) is 4.74 Å². The highest BCUT2D eigenvalue weighted by Crippen LogP contribution is 2.22. The first-order valence-electron chi connectivity index (χ1n) is 7.29. The topological polar surface area (TPSA) is 50.4 Å². The Balaban J connectivity index is 2.08. The molecule has 0 spiro atoms. The summed E-state index contributed by atoms with van der Waals surface area (Å²) in [5.74, 6) is 0.00921. The van der Waals surface area contributed by atoms with Gasteiger partial charge in [-0.25, -0.2) is 0 Å². The van der Waals surface area contributed by atoms with E-state index in [0.717, 1.165) is 49.4 Å². The lowest BCUT2D eigenvalue weighted by atomic mass is 9.92. The second-order valence-electron chi connectivity index (χ2n) is 5.69. The van der Waals surface area contributed by atoms with Gasteiger partial charge in [-0.15, -0.1) is 0 Å². The van der Waals surface area contributed by atoms with Crippen LogP contribution in [0.25, 0.3) is 0 Å². The number of benzene rings is 1. The molecule has 0 saturated carbocycles. The van der Waals surface area contributed by atoms with Crippen LogP contribution < -0.4 is 10.6 Å². The number of hydrogen-bond acceptors (Lipinski definition) is 3.